The third kappa shape index (κ3) is 1.41. The Morgan fingerprint density at radius 2 is 2.21 bits per heavy atom. The van der Waals surface area contributed by atoms with E-state index in [9.17, 15) is 14.4 Å². The van der Waals surface area contributed by atoms with Crippen molar-refractivity contribution in [3.63, 3.8) is 0 Å². The Morgan fingerprint density at radius 1 is 1.57 bits per heavy atom. The van der Waals surface area contributed by atoms with Crippen LogP contribution in [0.2, 0.25) is 0 Å². The predicted octanol–water partition coefficient (Wildman–Crippen LogP) is -0.172. The van der Waals surface area contributed by atoms with Crippen molar-refractivity contribution in [3.8, 4) is 0 Å². The second-order valence-electron chi connectivity index (χ2n) is 2.36. The van der Waals surface area contributed by atoms with Gasteiger partial charge < -0.3 is 4.98 Å². The molecule has 14 heavy (non-hydrogen) atoms. The van der Waals surface area contributed by atoms with Gasteiger partial charge in [0.1, 0.15) is 11.4 Å². The van der Waals surface area contributed by atoms with Gasteiger partial charge in [-0.25, -0.2) is 4.79 Å². The Labute approximate surface area is 76.4 Å². The zero-order valence-electron chi connectivity index (χ0n) is 7.09. The standard InChI is InChI=1S/C6H5N5O3/c1-11-5(13)3(2-12)4(9-10-7)8-6(11)14/h2H,1H3,(H,8,14). The quantitative estimate of drug-likeness (QED) is 0.305. The summed E-state index contributed by atoms with van der Waals surface area (Å²) in [6, 6.07) is 0. The largest absolute Gasteiger partial charge is 0.328 e. The molecule has 1 heterocycles. The topological polar surface area (TPSA) is 121 Å². The fraction of sp³-hybridized carbons (Fsp3) is 0.167. The molecule has 0 aliphatic rings. The lowest BCUT2D eigenvalue weighted by molar-refractivity contribution is 0.112. The SMILES string of the molecule is Cn1c(=O)[nH]c(N=[N+]=[N-])c(C=O)c1=O. The van der Waals surface area contributed by atoms with E-state index >= 15 is 0 Å². The molecule has 1 rings (SSSR count). The van der Waals surface area contributed by atoms with Crippen LogP contribution in [0.3, 0.4) is 0 Å². The molecule has 1 N–H and O–H groups in total. The van der Waals surface area contributed by atoms with Crippen LogP contribution in [0.4, 0.5) is 5.82 Å². The number of aromatic nitrogens is 2. The Morgan fingerprint density at radius 3 is 2.71 bits per heavy atom. The molecule has 0 aliphatic heterocycles. The highest BCUT2D eigenvalue weighted by molar-refractivity contribution is 5.80. The first-order chi connectivity index (χ1) is 6.61. The minimum absolute atomic E-state index is 0.224. The molecular formula is C6H5N5O3. The molecule has 8 heteroatoms. The van der Waals surface area contributed by atoms with Gasteiger partial charge in [-0.1, -0.05) is 0 Å². The molecule has 0 aromatic carbocycles. The van der Waals surface area contributed by atoms with Gasteiger partial charge in [0.15, 0.2) is 6.29 Å². The summed E-state index contributed by atoms with van der Waals surface area (Å²) < 4.78 is 0.708. The Bertz CT molecular complexity index is 533. The van der Waals surface area contributed by atoms with Gasteiger partial charge in [0.05, 0.1) is 0 Å². The lowest BCUT2D eigenvalue weighted by atomic mass is 10.3. The van der Waals surface area contributed by atoms with Crippen molar-refractivity contribution >= 4 is 12.1 Å². The van der Waals surface area contributed by atoms with Crippen molar-refractivity contribution < 1.29 is 4.79 Å². The number of rotatable bonds is 2. The van der Waals surface area contributed by atoms with Gasteiger partial charge in [-0.2, -0.15) is 0 Å². The fourth-order valence-corrected chi connectivity index (χ4v) is 0.856. The molecule has 8 nitrogen and oxygen atoms in total. The molecule has 0 saturated heterocycles. The normalized spacial score (nSPS) is 9.21. The average Bonchev–Trinajstić information content (AvgIpc) is 2.16. The number of nitrogens with one attached hydrogen (secondary N) is 1. The number of nitrogens with zero attached hydrogens (tertiary/aromatic N) is 4. The van der Waals surface area contributed by atoms with Crippen LogP contribution in [0.5, 0.6) is 0 Å². The summed E-state index contributed by atoms with van der Waals surface area (Å²) in [6.45, 7) is 0. The monoisotopic (exact) mass is 195 g/mol. The first-order valence-electron chi connectivity index (χ1n) is 3.45. The van der Waals surface area contributed by atoms with Crippen molar-refractivity contribution in [2.24, 2.45) is 12.2 Å². The molecular weight excluding hydrogens is 190 g/mol. The van der Waals surface area contributed by atoms with Crippen molar-refractivity contribution in [1.29, 1.82) is 0 Å². The minimum atomic E-state index is -0.800. The summed E-state index contributed by atoms with van der Waals surface area (Å²) in [5.41, 5.74) is 6.18. The lowest BCUT2D eigenvalue weighted by Gasteiger charge is -1.99. The maximum absolute atomic E-state index is 11.2. The number of hydrogen-bond acceptors (Lipinski definition) is 4. The molecule has 0 saturated carbocycles. The highest BCUT2D eigenvalue weighted by atomic mass is 16.2. The maximum Gasteiger partial charge on any atom is 0.328 e. The number of aromatic amines is 1. The van der Waals surface area contributed by atoms with Crippen LogP contribution in [-0.2, 0) is 7.05 Å². The van der Waals surface area contributed by atoms with Gasteiger partial charge in [0.2, 0.25) is 0 Å². The van der Waals surface area contributed by atoms with Gasteiger partial charge in [0, 0.05) is 12.0 Å². The highest BCUT2D eigenvalue weighted by Gasteiger charge is 2.09. The van der Waals surface area contributed by atoms with Crippen molar-refractivity contribution in [2.45, 2.75) is 0 Å². The maximum atomic E-state index is 11.2. The molecule has 0 amide bonds. The highest BCUT2D eigenvalue weighted by Crippen LogP contribution is 2.06. The van der Waals surface area contributed by atoms with E-state index < -0.39 is 11.2 Å². The van der Waals surface area contributed by atoms with Crippen LogP contribution in [0, 0.1) is 0 Å². The first kappa shape index (κ1) is 9.75. The van der Waals surface area contributed by atoms with E-state index in [-0.39, 0.29) is 17.7 Å². The minimum Gasteiger partial charge on any atom is -0.305 e. The number of carbonyl (C=O) groups is 1. The van der Waals surface area contributed by atoms with Crippen molar-refractivity contribution in [2.75, 3.05) is 0 Å². The zero-order chi connectivity index (χ0) is 10.7. The van der Waals surface area contributed by atoms with Gasteiger partial charge in [-0.15, -0.1) is 0 Å². The molecule has 0 aliphatic carbocycles. The van der Waals surface area contributed by atoms with E-state index in [2.05, 4.69) is 15.0 Å². The number of carbonyl (C=O) groups excluding carboxylic acids is 1. The molecule has 0 unspecified atom stereocenters. The molecule has 1 aromatic heterocycles. The van der Waals surface area contributed by atoms with E-state index in [0.717, 1.165) is 0 Å². The Balaban J connectivity index is 3.77. The van der Waals surface area contributed by atoms with Crippen LogP contribution in [0.15, 0.2) is 14.7 Å². The van der Waals surface area contributed by atoms with Crippen molar-refractivity contribution in [1.82, 2.24) is 9.55 Å². The molecule has 0 fully saturated rings. The number of hydrogen-bond donors (Lipinski definition) is 1. The Kier molecular flexibility index (Phi) is 2.49. The van der Waals surface area contributed by atoms with Crippen molar-refractivity contribution in [3.05, 3.63) is 36.8 Å². The first-order valence-corrected chi connectivity index (χ1v) is 3.45. The smallest absolute Gasteiger partial charge is 0.305 e. The van der Waals surface area contributed by atoms with Crippen LogP contribution >= 0.6 is 0 Å². The summed E-state index contributed by atoms with van der Waals surface area (Å²) in [6.07, 6.45) is 0.224. The van der Waals surface area contributed by atoms with Gasteiger partial charge in [-0.05, 0) is 10.6 Å². The third-order valence-corrected chi connectivity index (χ3v) is 1.58. The van der Waals surface area contributed by atoms with E-state index in [0.29, 0.717) is 4.57 Å². The van der Waals surface area contributed by atoms with Crippen LogP contribution in [0.25, 0.3) is 10.4 Å². The van der Waals surface area contributed by atoms with Gasteiger partial charge in [-0.3, -0.25) is 14.2 Å². The van der Waals surface area contributed by atoms with E-state index in [1.54, 1.807) is 0 Å². The van der Waals surface area contributed by atoms with Gasteiger partial charge >= 0.3 is 5.69 Å². The van der Waals surface area contributed by atoms with E-state index in [4.69, 9.17) is 5.53 Å². The second kappa shape index (κ2) is 3.58. The molecule has 0 bridgehead atoms. The van der Waals surface area contributed by atoms with Crippen LogP contribution < -0.4 is 11.2 Å². The van der Waals surface area contributed by atoms with Crippen LogP contribution in [0.1, 0.15) is 10.4 Å². The number of azide groups is 1. The summed E-state index contributed by atoms with van der Waals surface area (Å²) in [4.78, 5) is 37.2. The lowest BCUT2D eigenvalue weighted by Crippen LogP contribution is -2.34. The molecule has 0 atom stereocenters. The number of H-pyrrole nitrogens is 1. The average molecular weight is 195 g/mol. The summed E-state index contributed by atoms with van der Waals surface area (Å²) in [5, 5.41) is 3.02. The van der Waals surface area contributed by atoms with Crippen LogP contribution in [-0.4, -0.2) is 15.8 Å². The second-order valence-corrected chi connectivity index (χ2v) is 2.36. The molecule has 1 aromatic rings. The summed E-state index contributed by atoms with van der Waals surface area (Å²) in [7, 11) is 1.20. The molecule has 72 valence electrons. The summed E-state index contributed by atoms with van der Waals surface area (Å²) >= 11 is 0. The zero-order valence-corrected chi connectivity index (χ0v) is 7.09. The fourth-order valence-electron chi connectivity index (χ4n) is 0.856. The Hall–Kier alpha value is -2.34. The molecule has 0 spiro atoms. The number of aldehydes is 1. The van der Waals surface area contributed by atoms with E-state index in [1.165, 1.54) is 7.05 Å². The summed E-state index contributed by atoms with van der Waals surface area (Å²) in [5.74, 6) is -0.365. The third-order valence-electron chi connectivity index (χ3n) is 1.58. The molecule has 0 radical (unpaired) electrons. The predicted molar refractivity (Wildman–Crippen MR) is 46.5 cm³/mol. The van der Waals surface area contributed by atoms with Gasteiger partial charge in [0.25, 0.3) is 5.56 Å². The van der Waals surface area contributed by atoms with E-state index in [1.807, 2.05) is 0 Å².